The summed E-state index contributed by atoms with van der Waals surface area (Å²) in [4.78, 5) is 22.6. The number of aromatic nitrogens is 3. The van der Waals surface area contributed by atoms with Crippen molar-refractivity contribution >= 4 is 35.8 Å². The Hall–Kier alpha value is -1.43. The summed E-state index contributed by atoms with van der Waals surface area (Å²) < 4.78 is 7.76. The van der Waals surface area contributed by atoms with E-state index in [9.17, 15) is 4.79 Å². The molecule has 1 aromatic rings. The Balaban J connectivity index is 0.00000280. The molecule has 0 saturated carbocycles. The molecule has 2 aliphatic heterocycles. The number of carbonyl (C=O) groups is 1. The molecule has 10 heteroatoms. The molecule has 2 N–H and O–H groups in total. The van der Waals surface area contributed by atoms with Crippen molar-refractivity contribution in [1.82, 2.24) is 30.3 Å². The summed E-state index contributed by atoms with van der Waals surface area (Å²) in [7, 11) is 3.47. The van der Waals surface area contributed by atoms with Crippen LogP contribution in [0.1, 0.15) is 49.8 Å². The van der Waals surface area contributed by atoms with Gasteiger partial charge in [0.1, 0.15) is 18.2 Å². The van der Waals surface area contributed by atoms with Gasteiger partial charge in [0.15, 0.2) is 5.96 Å². The lowest BCUT2D eigenvalue weighted by Gasteiger charge is -2.27. The molecule has 3 rings (SSSR count). The van der Waals surface area contributed by atoms with Crippen molar-refractivity contribution in [3.05, 3.63) is 11.6 Å². The Kier molecular flexibility index (Phi) is 8.93. The number of fused-ring (bicyclic) bond motifs is 1. The number of guanidine groups is 1. The van der Waals surface area contributed by atoms with E-state index >= 15 is 0 Å². The van der Waals surface area contributed by atoms with E-state index < -0.39 is 0 Å². The number of nitrogens with zero attached hydrogens (tertiary/aromatic N) is 5. The minimum Gasteiger partial charge on any atom is -0.376 e. The van der Waals surface area contributed by atoms with Crippen molar-refractivity contribution in [2.75, 3.05) is 33.8 Å². The van der Waals surface area contributed by atoms with Crippen molar-refractivity contribution in [3.63, 3.8) is 0 Å². The first kappa shape index (κ1) is 22.9. The van der Waals surface area contributed by atoms with Crippen LogP contribution in [0.5, 0.6) is 0 Å². The monoisotopic (exact) mass is 505 g/mol. The van der Waals surface area contributed by atoms with Crippen molar-refractivity contribution in [1.29, 1.82) is 0 Å². The first-order valence-electron chi connectivity index (χ1n) is 9.81. The van der Waals surface area contributed by atoms with Gasteiger partial charge >= 0.3 is 0 Å². The predicted octanol–water partition coefficient (Wildman–Crippen LogP) is 1.23. The Bertz CT molecular complexity index is 671. The van der Waals surface area contributed by atoms with E-state index in [0.29, 0.717) is 12.5 Å². The second kappa shape index (κ2) is 10.9. The van der Waals surface area contributed by atoms with Gasteiger partial charge in [-0.3, -0.25) is 4.79 Å². The van der Waals surface area contributed by atoms with Crippen molar-refractivity contribution < 1.29 is 9.53 Å². The van der Waals surface area contributed by atoms with Crippen LogP contribution in [0.15, 0.2) is 4.99 Å². The zero-order valence-corrected chi connectivity index (χ0v) is 19.3. The summed E-state index contributed by atoms with van der Waals surface area (Å²) >= 11 is 0. The number of nitrogens with one attached hydrogen (secondary N) is 2. The average molecular weight is 505 g/mol. The summed E-state index contributed by atoms with van der Waals surface area (Å²) in [5.41, 5.74) is 0. The number of aryl methyl sites for hydroxylation is 2. The van der Waals surface area contributed by atoms with Crippen LogP contribution in [0.25, 0.3) is 0 Å². The smallest absolute Gasteiger partial charge is 0.243 e. The molecule has 2 atom stereocenters. The first-order chi connectivity index (χ1) is 13.0. The number of carbonyl (C=O) groups excluding carboxylic acids is 1. The largest absolute Gasteiger partial charge is 0.376 e. The average Bonchev–Trinajstić information content (AvgIpc) is 3.05. The van der Waals surface area contributed by atoms with Gasteiger partial charge in [-0.1, -0.05) is 0 Å². The van der Waals surface area contributed by atoms with E-state index in [1.807, 2.05) is 11.6 Å². The minimum atomic E-state index is -0.0346. The highest BCUT2D eigenvalue weighted by molar-refractivity contribution is 14.0. The second-order valence-electron chi connectivity index (χ2n) is 7.40. The van der Waals surface area contributed by atoms with Crippen LogP contribution in [-0.4, -0.2) is 71.4 Å². The highest BCUT2D eigenvalue weighted by Gasteiger charge is 2.25. The number of hydrogen-bond acceptors (Lipinski definition) is 5. The molecule has 0 radical (unpaired) electrons. The Morgan fingerprint density at radius 2 is 2.14 bits per heavy atom. The third-order valence-corrected chi connectivity index (χ3v) is 4.93. The molecule has 158 valence electrons. The molecule has 2 unspecified atom stereocenters. The standard InChI is InChI=1S/C18H31N7O2.HI/c1-13-21-17-15(8-6-9-25(17)23-13)22-18(20-12-16(26)24(2)3)19-11-14-7-4-5-10-27-14;/h14-15H,4-12H2,1-3H3,(H2,19,20,22);1H. The molecule has 1 fully saturated rings. The summed E-state index contributed by atoms with van der Waals surface area (Å²) in [5.74, 6) is 2.30. The van der Waals surface area contributed by atoms with Gasteiger partial charge in [-0.2, -0.15) is 5.10 Å². The number of amides is 1. The van der Waals surface area contributed by atoms with Gasteiger partial charge in [-0.05, 0) is 39.0 Å². The first-order valence-corrected chi connectivity index (χ1v) is 9.81. The predicted molar refractivity (Wildman–Crippen MR) is 118 cm³/mol. The number of likely N-dealkylation sites (N-methyl/N-ethyl adjacent to an activating group) is 1. The van der Waals surface area contributed by atoms with Crippen LogP contribution in [0.2, 0.25) is 0 Å². The topological polar surface area (TPSA) is 96.7 Å². The molecular weight excluding hydrogens is 473 g/mol. The highest BCUT2D eigenvalue weighted by Crippen LogP contribution is 2.22. The third-order valence-electron chi connectivity index (χ3n) is 4.93. The van der Waals surface area contributed by atoms with Crippen LogP contribution in [0.4, 0.5) is 0 Å². The van der Waals surface area contributed by atoms with Gasteiger partial charge in [0.05, 0.1) is 12.1 Å². The highest BCUT2D eigenvalue weighted by atomic mass is 127. The number of hydrogen-bond donors (Lipinski definition) is 2. The molecule has 1 saturated heterocycles. The molecule has 0 aromatic carbocycles. The minimum absolute atomic E-state index is 0. The Morgan fingerprint density at radius 1 is 1.32 bits per heavy atom. The van der Waals surface area contributed by atoms with Gasteiger partial charge < -0.3 is 20.3 Å². The van der Waals surface area contributed by atoms with E-state index in [1.165, 1.54) is 6.42 Å². The SMILES string of the molecule is Cc1nc2n(n1)CCCC2NC(=NCC(=O)N(C)C)NCC1CCCCO1.I. The zero-order valence-electron chi connectivity index (χ0n) is 17.0. The lowest BCUT2D eigenvalue weighted by atomic mass is 10.1. The second-order valence-corrected chi connectivity index (χ2v) is 7.40. The third kappa shape index (κ3) is 6.29. The van der Waals surface area contributed by atoms with Crippen LogP contribution in [-0.2, 0) is 16.1 Å². The maximum atomic E-state index is 12.0. The van der Waals surface area contributed by atoms with E-state index in [2.05, 4.69) is 25.7 Å². The molecule has 1 aromatic heterocycles. The number of ether oxygens (including phenoxy) is 1. The Labute approximate surface area is 183 Å². The van der Waals surface area contributed by atoms with Gasteiger partial charge in [0.25, 0.3) is 0 Å². The number of halogens is 1. The molecular formula is C18H32IN7O2. The summed E-state index contributed by atoms with van der Waals surface area (Å²) in [6.45, 7) is 4.40. The van der Waals surface area contributed by atoms with Crippen molar-refractivity contribution in [3.8, 4) is 0 Å². The van der Waals surface area contributed by atoms with E-state index in [4.69, 9.17) is 4.74 Å². The molecule has 3 heterocycles. The lowest BCUT2D eigenvalue weighted by molar-refractivity contribution is -0.127. The van der Waals surface area contributed by atoms with E-state index in [-0.39, 0.29) is 48.6 Å². The van der Waals surface area contributed by atoms with Crippen molar-refractivity contribution in [2.24, 2.45) is 4.99 Å². The molecule has 28 heavy (non-hydrogen) atoms. The fourth-order valence-electron chi connectivity index (χ4n) is 3.39. The van der Waals surface area contributed by atoms with Gasteiger partial charge in [-0.15, -0.1) is 24.0 Å². The molecule has 0 spiro atoms. The fourth-order valence-corrected chi connectivity index (χ4v) is 3.39. The molecule has 9 nitrogen and oxygen atoms in total. The molecule has 2 aliphatic rings. The maximum Gasteiger partial charge on any atom is 0.243 e. The number of rotatable bonds is 5. The van der Waals surface area contributed by atoms with E-state index in [1.54, 1.807) is 19.0 Å². The molecule has 1 amide bonds. The molecule has 0 bridgehead atoms. The summed E-state index contributed by atoms with van der Waals surface area (Å²) in [5, 5.41) is 11.3. The normalized spacial score (nSPS) is 22.0. The van der Waals surface area contributed by atoms with Crippen LogP contribution < -0.4 is 10.6 Å². The lowest BCUT2D eigenvalue weighted by Crippen LogP contribution is -2.45. The van der Waals surface area contributed by atoms with Crippen LogP contribution >= 0.6 is 24.0 Å². The van der Waals surface area contributed by atoms with Crippen molar-refractivity contribution in [2.45, 2.75) is 57.7 Å². The maximum absolute atomic E-state index is 12.0. The van der Waals surface area contributed by atoms with Gasteiger partial charge in [0, 0.05) is 33.8 Å². The van der Waals surface area contributed by atoms with Crippen LogP contribution in [0, 0.1) is 6.92 Å². The van der Waals surface area contributed by atoms with Gasteiger partial charge in [0.2, 0.25) is 5.91 Å². The zero-order chi connectivity index (χ0) is 19.2. The van der Waals surface area contributed by atoms with Crippen LogP contribution in [0.3, 0.4) is 0 Å². The summed E-state index contributed by atoms with van der Waals surface area (Å²) in [6, 6.07) is 0.0351. The summed E-state index contributed by atoms with van der Waals surface area (Å²) in [6.07, 6.45) is 5.55. The Morgan fingerprint density at radius 3 is 2.86 bits per heavy atom. The fraction of sp³-hybridized carbons (Fsp3) is 0.778. The number of aliphatic imine (C=N–C) groups is 1. The quantitative estimate of drug-likeness (QED) is 0.355. The van der Waals surface area contributed by atoms with Gasteiger partial charge in [-0.25, -0.2) is 14.7 Å². The van der Waals surface area contributed by atoms with E-state index in [0.717, 1.165) is 50.5 Å². The molecule has 0 aliphatic carbocycles.